The average molecular weight is 413 g/mol. The van der Waals surface area contributed by atoms with Crippen LogP contribution in [-0.4, -0.2) is 27.4 Å². The Balaban J connectivity index is 1.36. The van der Waals surface area contributed by atoms with Crippen molar-refractivity contribution in [2.24, 2.45) is 0 Å². The first-order valence-corrected chi connectivity index (χ1v) is 9.87. The van der Waals surface area contributed by atoms with Crippen LogP contribution in [0.4, 0.5) is 0 Å². The number of aromatic nitrogens is 3. The molecule has 0 saturated heterocycles. The van der Waals surface area contributed by atoms with Crippen LogP contribution in [0.5, 0.6) is 11.5 Å². The van der Waals surface area contributed by atoms with Gasteiger partial charge in [0.25, 0.3) is 5.56 Å². The fourth-order valence-electron chi connectivity index (χ4n) is 2.68. The number of rotatable bonds is 4. The molecular formula is C18H11N3O5S2. The number of thiophene rings is 1. The Morgan fingerprint density at radius 3 is 2.96 bits per heavy atom. The molecule has 140 valence electrons. The molecule has 0 N–H and O–H groups in total. The summed E-state index contributed by atoms with van der Waals surface area (Å²) in [6.45, 7) is 0.00920. The number of benzene rings is 1. The minimum Gasteiger partial charge on any atom is -0.456 e. The lowest BCUT2D eigenvalue weighted by Crippen LogP contribution is -2.16. The predicted octanol–water partition coefficient (Wildman–Crippen LogP) is 2.97. The van der Waals surface area contributed by atoms with Gasteiger partial charge in [-0.15, -0.1) is 11.3 Å². The number of nitrogens with zero attached hydrogens (tertiary/aromatic N) is 3. The third-order valence-electron chi connectivity index (χ3n) is 3.99. The fraction of sp³-hybridized carbons (Fsp3) is 0.111. The number of hydrogen-bond donors (Lipinski definition) is 0. The zero-order valence-electron chi connectivity index (χ0n) is 14.2. The SMILES string of the molecule is O=C(OCc1cc(=O)n2nc(-c3cccs3)sc2n1)c1ccc2c(c1)OCO2. The zero-order chi connectivity index (χ0) is 19.1. The van der Waals surface area contributed by atoms with E-state index in [9.17, 15) is 9.59 Å². The molecule has 8 nitrogen and oxygen atoms in total. The molecule has 0 unspecified atom stereocenters. The van der Waals surface area contributed by atoms with Gasteiger partial charge in [0, 0.05) is 6.07 Å². The monoisotopic (exact) mass is 413 g/mol. The molecular weight excluding hydrogens is 402 g/mol. The molecule has 28 heavy (non-hydrogen) atoms. The molecule has 0 spiro atoms. The highest BCUT2D eigenvalue weighted by Crippen LogP contribution is 2.32. The van der Waals surface area contributed by atoms with E-state index < -0.39 is 5.97 Å². The molecule has 0 saturated carbocycles. The molecule has 10 heteroatoms. The maximum absolute atomic E-state index is 12.3. The quantitative estimate of drug-likeness (QED) is 0.475. The van der Waals surface area contributed by atoms with Gasteiger partial charge in [0.15, 0.2) is 16.5 Å². The Kier molecular flexibility index (Phi) is 4.06. The summed E-state index contributed by atoms with van der Waals surface area (Å²) in [5, 5.41) is 6.97. The van der Waals surface area contributed by atoms with Crippen molar-refractivity contribution in [2.75, 3.05) is 6.79 Å². The molecule has 0 amide bonds. The Labute approximate surface area is 165 Å². The molecule has 1 aromatic carbocycles. The van der Waals surface area contributed by atoms with E-state index in [1.165, 1.54) is 33.3 Å². The Morgan fingerprint density at radius 2 is 2.11 bits per heavy atom. The number of fused-ring (bicyclic) bond motifs is 2. The zero-order valence-corrected chi connectivity index (χ0v) is 15.8. The Morgan fingerprint density at radius 1 is 1.21 bits per heavy atom. The number of esters is 1. The van der Waals surface area contributed by atoms with E-state index in [4.69, 9.17) is 14.2 Å². The van der Waals surface area contributed by atoms with Crippen molar-refractivity contribution < 1.29 is 19.0 Å². The minimum atomic E-state index is -0.538. The van der Waals surface area contributed by atoms with Gasteiger partial charge in [-0.05, 0) is 29.6 Å². The van der Waals surface area contributed by atoms with E-state index in [1.54, 1.807) is 18.2 Å². The normalized spacial score (nSPS) is 12.4. The van der Waals surface area contributed by atoms with Crippen molar-refractivity contribution in [2.45, 2.75) is 6.61 Å². The predicted molar refractivity (Wildman–Crippen MR) is 102 cm³/mol. The average Bonchev–Trinajstić information content (AvgIpc) is 3.45. The van der Waals surface area contributed by atoms with E-state index in [-0.39, 0.29) is 19.0 Å². The summed E-state index contributed by atoms with van der Waals surface area (Å²) in [5.41, 5.74) is 0.374. The molecule has 0 bridgehead atoms. The fourth-order valence-corrected chi connectivity index (χ4v) is 4.39. The van der Waals surface area contributed by atoms with Crippen LogP contribution in [0.25, 0.3) is 14.8 Å². The summed E-state index contributed by atoms with van der Waals surface area (Å²) in [4.78, 5) is 30.4. The second-order valence-corrected chi connectivity index (χ2v) is 7.71. The van der Waals surface area contributed by atoms with Crippen molar-refractivity contribution >= 4 is 33.6 Å². The van der Waals surface area contributed by atoms with E-state index in [2.05, 4.69) is 10.1 Å². The van der Waals surface area contributed by atoms with Gasteiger partial charge in [-0.25, -0.2) is 9.78 Å². The van der Waals surface area contributed by atoms with Gasteiger partial charge in [-0.1, -0.05) is 17.4 Å². The van der Waals surface area contributed by atoms with Crippen LogP contribution in [0.2, 0.25) is 0 Å². The van der Waals surface area contributed by atoms with Crippen LogP contribution in [0.15, 0.2) is 46.6 Å². The van der Waals surface area contributed by atoms with Crippen LogP contribution < -0.4 is 15.0 Å². The Bertz CT molecular complexity index is 1250. The maximum atomic E-state index is 12.3. The molecule has 0 fully saturated rings. The number of ether oxygens (including phenoxy) is 3. The van der Waals surface area contributed by atoms with Crippen molar-refractivity contribution in [3.8, 4) is 21.4 Å². The number of carbonyl (C=O) groups excluding carboxylic acids is 1. The first kappa shape index (κ1) is 16.9. The molecule has 0 radical (unpaired) electrons. The van der Waals surface area contributed by atoms with Gasteiger partial charge in [-0.3, -0.25) is 4.79 Å². The lowest BCUT2D eigenvalue weighted by atomic mass is 10.2. The molecule has 1 aliphatic heterocycles. The standard InChI is InChI=1S/C18H11N3O5S2/c22-15-7-11(19-18-21(15)20-16(28-18)14-2-1-5-27-14)8-24-17(23)10-3-4-12-13(6-10)26-9-25-12/h1-7H,8-9H2. The van der Waals surface area contributed by atoms with Gasteiger partial charge >= 0.3 is 5.97 Å². The van der Waals surface area contributed by atoms with Gasteiger partial charge < -0.3 is 14.2 Å². The van der Waals surface area contributed by atoms with E-state index >= 15 is 0 Å². The summed E-state index contributed by atoms with van der Waals surface area (Å²) in [5.74, 6) is 0.547. The number of hydrogen-bond acceptors (Lipinski definition) is 9. The third kappa shape index (κ3) is 3.02. The van der Waals surface area contributed by atoms with Crippen LogP contribution in [0.3, 0.4) is 0 Å². The minimum absolute atomic E-state index is 0.120. The largest absolute Gasteiger partial charge is 0.456 e. The second-order valence-electron chi connectivity index (χ2n) is 5.81. The van der Waals surface area contributed by atoms with E-state index in [0.29, 0.717) is 32.7 Å². The van der Waals surface area contributed by atoms with Gasteiger partial charge in [0.2, 0.25) is 11.8 Å². The van der Waals surface area contributed by atoms with Crippen molar-refractivity contribution in [1.29, 1.82) is 0 Å². The topological polar surface area (TPSA) is 92.0 Å². The van der Waals surface area contributed by atoms with Crippen molar-refractivity contribution in [3.05, 3.63) is 63.4 Å². The molecule has 5 rings (SSSR count). The highest BCUT2D eigenvalue weighted by Gasteiger charge is 2.18. The molecule has 0 aliphatic carbocycles. The van der Waals surface area contributed by atoms with Crippen LogP contribution in [0, 0.1) is 0 Å². The lowest BCUT2D eigenvalue weighted by Gasteiger charge is -2.05. The van der Waals surface area contributed by atoms with E-state index in [1.807, 2.05) is 17.5 Å². The molecule has 1 aliphatic rings. The van der Waals surface area contributed by atoms with Gasteiger partial charge in [-0.2, -0.15) is 9.61 Å². The van der Waals surface area contributed by atoms with Gasteiger partial charge in [0.05, 0.1) is 16.1 Å². The highest BCUT2D eigenvalue weighted by molar-refractivity contribution is 7.23. The second kappa shape index (κ2) is 6.73. The highest BCUT2D eigenvalue weighted by atomic mass is 32.1. The molecule has 4 heterocycles. The summed E-state index contributed by atoms with van der Waals surface area (Å²) >= 11 is 2.85. The van der Waals surface area contributed by atoms with E-state index in [0.717, 1.165) is 4.88 Å². The van der Waals surface area contributed by atoms with Crippen LogP contribution in [-0.2, 0) is 11.3 Å². The third-order valence-corrected chi connectivity index (χ3v) is 5.94. The van der Waals surface area contributed by atoms with Crippen molar-refractivity contribution in [1.82, 2.24) is 14.6 Å². The lowest BCUT2D eigenvalue weighted by molar-refractivity contribution is 0.0467. The van der Waals surface area contributed by atoms with Crippen LogP contribution >= 0.6 is 22.7 Å². The molecule has 3 aromatic heterocycles. The maximum Gasteiger partial charge on any atom is 0.338 e. The smallest absolute Gasteiger partial charge is 0.338 e. The molecule has 0 atom stereocenters. The summed E-state index contributed by atoms with van der Waals surface area (Å²) in [6.07, 6.45) is 0. The summed E-state index contributed by atoms with van der Waals surface area (Å²) in [7, 11) is 0. The van der Waals surface area contributed by atoms with Gasteiger partial charge in [0.1, 0.15) is 6.61 Å². The summed E-state index contributed by atoms with van der Waals surface area (Å²) < 4.78 is 17.0. The number of carbonyl (C=O) groups is 1. The Hall–Kier alpha value is -3.24. The van der Waals surface area contributed by atoms with Crippen molar-refractivity contribution in [3.63, 3.8) is 0 Å². The summed E-state index contributed by atoms with van der Waals surface area (Å²) in [6, 6.07) is 9.98. The van der Waals surface area contributed by atoms with Crippen LogP contribution in [0.1, 0.15) is 16.1 Å². The molecule has 4 aromatic rings. The first-order chi connectivity index (χ1) is 13.7. The first-order valence-electron chi connectivity index (χ1n) is 8.18.